The molecule has 0 aromatic rings. The monoisotopic (exact) mass is 444 g/mol. The Morgan fingerprint density at radius 1 is 0.906 bits per heavy atom. The second-order valence-corrected chi connectivity index (χ2v) is 13.6. The summed E-state index contributed by atoms with van der Waals surface area (Å²) < 4.78 is 6.04. The molecule has 0 aromatic heterocycles. The van der Waals surface area contributed by atoms with E-state index in [0.717, 1.165) is 53.8 Å². The van der Waals surface area contributed by atoms with Crippen LogP contribution in [0.2, 0.25) is 0 Å². The number of fused-ring (bicyclic) bond motifs is 5. The van der Waals surface area contributed by atoms with E-state index in [9.17, 15) is 4.79 Å². The Hall–Kier alpha value is -0.530. The molecule has 184 valence electrons. The number of hydrogen-bond acceptors (Lipinski definition) is 2. The first-order chi connectivity index (χ1) is 15.1. The van der Waals surface area contributed by atoms with Crippen LogP contribution in [0.3, 0.4) is 0 Å². The van der Waals surface area contributed by atoms with Crippen LogP contribution in [-0.4, -0.2) is 12.1 Å². The third kappa shape index (κ3) is 4.08. The smallest absolute Gasteiger partial charge is 0.302 e. The Balaban J connectivity index is 1.51. The van der Waals surface area contributed by atoms with Crippen molar-refractivity contribution in [3.63, 3.8) is 0 Å². The molecule has 0 aliphatic heterocycles. The Kier molecular flexibility index (Phi) is 7.11. The van der Waals surface area contributed by atoms with Gasteiger partial charge in [0.05, 0.1) is 0 Å². The molecule has 10 atom stereocenters. The van der Waals surface area contributed by atoms with E-state index in [1.807, 2.05) is 0 Å². The van der Waals surface area contributed by atoms with Gasteiger partial charge < -0.3 is 4.74 Å². The highest BCUT2D eigenvalue weighted by Gasteiger charge is 2.62. The summed E-state index contributed by atoms with van der Waals surface area (Å²) in [6.07, 6.45) is 15.1. The van der Waals surface area contributed by atoms with E-state index in [0.29, 0.717) is 5.41 Å². The lowest BCUT2D eigenvalue weighted by molar-refractivity contribution is -0.190. The molecule has 0 amide bonds. The fraction of sp³-hybridized carbons (Fsp3) is 0.967. The van der Waals surface area contributed by atoms with Crippen LogP contribution < -0.4 is 0 Å². The molecular weight excluding hydrogens is 392 g/mol. The second kappa shape index (κ2) is 9.26. The van der Waals surface area contributed by atoms with Gasteiger partial charge in [0.1, 0.15) is 6.10 Å². The topological polar surface area (TPSA) is 26.3 Å². The van der Waals surface area contributed by atoms with E-state index in [-0.39, 0.29) is 17.5 Å². The van der Waals surface area contributed by atoms with Gasteiger partial charge in [-0.3, -0.25) is 4.79 Å². The molecule has 0 aromatic carbocycles. The molecule has 4 saturated carbocycles. The quantitative estimate of drug-likeness (QED) is 0.385. The fourth-order valence-corrected chi connectivity index (χ4v) is 9.71. The maximum atomic E-state index is 12.0. The van der Waals surface area contributed by atoms with Gasteiger partial charge in [-0.2, -0.15) is 0 Å². The SMILES string of the molecule is CC(=O)OC1CCC[C@@H]2CC[C@@H]3[C@@H]4CC[C@H]([C@H](C)CC[C@H](C)C(C)C)[C@@]4(C)CC[C@@H]3[C@@]12C. The molecule has 0 bridgehead atoms. The molecule has 2 heteroatoms. The third-order valence-electron chi connectivity index (χ3n) is 12.0. The molecule has 32 heavy (non-hydrogen) atoms. The highest BCUT2D eigenvalue weighted by Crippen LogP contribution is 2.68. The van der Waals surface area contributed by atoms with Crippen molar-refractivity contribution in [1.82, 2.24) is 0 Å². The van der Waals surface area contributed by atoms with Crippen molar-refractivity contribution in [2.24, 2.45) is 58.2 Å². The number of ether oxygens (including phenoxy) is 1. The van der Waals surface area contributed by atoms with Gasteiger partial charge in [0.25, 0.3) is 0 Å². The molecule has 4 aliphatic rings. The maximum absolute atomic E-state index is 12.0. The number of carbonyl (C=O) groups excluding carboxylic acids is 1. The minimum atomic E-state index is -0.0648. The van der Waals surface area contributed by atoms with Crippen molar-refractivity contribution in [2.75, 3.05) is 0 Å². The summed E-state index contributed by atoms with van der Waals surface area (Å²) in [7, 11) is 0. The summed E-state index contributed by atoms with van der Waals surface area (Å²) in [5.41, 5.74) is 0.751. The molecule has 0 saturated heterocycles. The van der Waals surface area contributed by atoms with Gasteiger partial charge in [-0.25, -0.2) is 0 Å². The summed E-state index contributed by atoms with van der Waals surface area (Å²) in [6, 6.07) is 0. The lowest BCUT2D eigenvalue weighted by atomic mass is 9.44. The standard InChI is InChI=1S/C30H52O2/c1-19(2)20(3)11-12-21(4)25-15-16-26-24-14-13-23-9-8-10-28(32-22(5)31)30(23,7)27(24)17-18-29(25,26)6/h19-21,23-28H,8-18H2,1-7H3/t20-,21+,23+,24+,25+,26-,27-,28?,29+,30-/m0/s1. The Morgan fingerprint density at radius 3 is 2.34 bits per heavy atom. The lowest BCUT2D eigenvalue weighted by Gasteiger charge is -2.62. The van der Waals surface area contributed by atoms with E-state index in [1.165, 1.54) is 64.2 Å². The van der Waals surface area contributed by atoms with Crippen molar-refractivity contribution in [3.05, 3.63) is 0 Å². The highest BCUT2D eigenvalue weighted by atomic mass is 16.5. The van der Waals surface area contributed by atoms with Crippen molar-refractivity contribution < 1.29 is 9.53 Å². The Morgan fingerprint density at radius 2 is 1.66 bits per heavy atom. The van der Waals surface area contributed by atoms with Gasteiger partial charge in [0.2, 0.25) is 0 Å². The molecule has 4 aliphatic carbocycles. The van der Waals surface area contributed by atoms with Crippen molar-refractivity contribution in [2.45, 2.75) is 125 Å². The maximum Gasteiger partial charge on any atom is 0.302 e. The summed E-state index contributed by atoms with van der Waals surface area (Å²) in [6.45, 7) is 16.6. The number of rotatable bonds is 6. The second-order valence-electron chi connectivity index (χ2n) is 13.6. The molecule has 0 radical (unpaired) electrons. The lowest BCUT2D eigenvalue weighted by Crippen LogP contribution is -2.58. The average molecular weight is 445 g/mol. The van der Waals surface area contributed by atoms with Gasteiger partial charge >= 0.3 is 5.97 Å². The van der Waals surface area contributed by atoms with Crippen LogP contribution in [0.15, 0.2) is 0 Å². The van der Waals surface area contributed by atoms with Gasteiger partial charge in [0.15, 0.2) is 0 Å². The molecule has 2 nitrogen and oxygen atoms in total. The fourth-order valence-electron chi connectivity index (χ4n) is 9.71. The van der Waals surface area contributed by atoms with Gasteiger partial charge in [-0.15, -0.1) is 0 Å². The molecule has 0 N–H and O–H groups in total. The van der Waals surface area contributed by atoms with Gasteiger partial charge in [0, 0.05) is 12.3 Å². The largest absolute Gasteiger partial charge is 0.462 e. The summed E-state index contributed by atoms with van der Waals surface area (Å²) in [5.74, 6) is 6.64. The van der Waals surface area contributed by atoms with Crippen LogP contribution >= 0.6 is 0 Å². The number of esters is 1. The molecule has 0 heterocycles. The average Bonchev–Trinajstić information content (AvgIpc) is 3.09. The number of carbonyl (C=O) groups is 1. The van der Waals surface area contributed by atoms with Crippen LogP contribution in [0.1, 0.15) is 119 Å². The normalized spacial score (nSPS) is 45.5. The van der Waals surface area contributed by atoms with E-state index >= 15 is 0 Å². The van der Waals surface area contributed by atoms with E-state index in [4.69, 9.17) is 4.74 Å². The first kappa shape index (κ1) is 24.6. The number of hydrogen-bond donors (Lipinski definition) is 0. The Bertz CT molecular complexity index is 670. The predicted molar refractivity (Wildman–Crippen MR) is 133 cm³/mol. The summed E-state index contributed by atoms with van der Waals surface area (Å²) in [5, 5.41) is 0. The van der Waals surface area contributed by atoms with Gasteiger partial charge in [-0.05, 0) is 111 Å². The molecule has 1 unspecified atom stereocenters. The molecule has 0 spiro atoms. The van der Waals surface area contributed by atoms with Crippen LogP contribution in [0.5, 0.6) is 0 Å². The zero-order chi connectivity index (χ0) is 23.3. The van der Waals surface area contributed by atoms with Crippen LogP contribution in [0.25, 0.3) is 0 Å². The minimum Gasteiger partial charge on any atom is -0.462 e. The molecular formula is C30H52O2. The summed E-state index contributed by atoms with van der Waals surface area (Å²) in [4.78, 5) is 12.0. The highest BCUT2D eigenvalue weighted by molar-refractivity contribution is 5.66. The van der Waals surface area contributed by atoms with E-state index < -0.39 is 0 Å². The van der Waals surface area contributed by atoms with Crippen LogP contribution in [-0.2, 0) is 9.53 Å². The Labute approximate surface area is 199 Å². The predicted octanol–water partition coefficient (Wildman–Crippen LogP) is 8.29. The van der Waals surface area contributed by atoms with Crippen molar-refractivity contribution >= 4 is 5.97 Å². The van der Waals surface area contributed by atoms with Crippen molar-refractivity contribution in [3.8, 4) is 0 Å². The van der Waals surface area contributed by atoms with E-state index in [1.54, 1.807) is 6.92 Å². The molecule has 4 rings (SSSR count). The summed E-state index contributed by atoms with van der Waals surface area (Å²) >= 11 is 0. The molecule has 4 fully saturated rings. The van der Waals surface area contributed by atoms with Crippen LogP contribution in [0.4, 0.5) is 0 Å². The third-order valence-corrected chi connectivity index (χ3v) is 12.0. The first-order valence-corrected chi connectivity index (χ1v) is 14.3. The van der Waals surface area contributed by atoms with Gasteiger partial charge in [-0.1, -0.05) is 54.4 Å². The zero-order valence-electron chi connectivity index (χ0n) is 22.3. The van der Waals surface area contributed by atoms with Crippen molar-refractivity contribution in [1.29, 1.82) is 0 Å². The zero-order valence-corrected chi connectivity index (χ0v) is 22.3. The van der Waals surface area contributed by atoms with E-state index in [2.05, 4.69) is 41.5 Å². The minimum absolute atomic E-state index is 0.0648. The van der Waals surface area contributed by atoms with Crippen LogP contribution in [0, 0.1) is 58.2 Å². The first-order valence-electron chi connectivity index (χ1n) is 14.3.